The molecule has 0 saturated heterocycles. The highest BCUT2D eigenvalue weighted by Crippen LogP contribution is 2.26. The van der Waals surface area contributed by atoms with E-state index >= 15 is 0 Å². The summed E-state index contributed by atoms with van der Waals surface area (Å²) in [7, 11) is 0. The van der Waals surface area contributed by atoms with Crippen LogP contribution in [-0.2, 0) is 10.5 Å². The van der Waals surface area contributed by atoms with E-state index in [4.69, 9.17) is 5.11 Å². The number of aliphatic hydroxyl groups is 1. The normalized spacial score (nSPS) is 14.8. The monoisotopic (exact) mass is 307 g/mol. The first-order valence-electron chi connectivity index (χ1n) is 7.74. The van der Waals surface area contributed by atoms with Crippen LogP contribution < -0.4 is 0 Å². The summed E-state index contributed by atoms with van der Waals surface area (Å²) >= 11 is 1.68. The van der Waals surface area contributed by atoms with Gasteiger partial charge in [-0.2, -0.15) is 0 Å². The van der Waals surface area contributed by atoms with Crippen LogP contribution in [0.25, 0.3) is 0 Å². The predicted octanol–water partition coefficient (Wildman–Crippen LogP) is 2.99. The van der Waals surface area contributed by atoms with Crippen LogP contribution in [-0.4, -0.2) is 40.9 Å². The zero-order valence-electron chi connectivity index (χ0n) is 12.8. The first-order chi connectivity index (χ1) is 10.2. The van der Waals surface area contributed by atoms with Crippen LogP contribution in [0.2, 0.25) is 0 Å². The van der Waals surface area contributed by atoms with E-state index in [1.54, 1.807) is 11.8 Å². The maximum Gasteiger partial charge on any atom is 0.232 e. The number of nitrogens with zero attached hydrogens (tertiary/aromatic N) is 1. The summed E-state index contributed by atoms with van der Waals surface area (Å²) in [5.74, 6) is 1.64. The van der Waals surface area contributed by atoms with Crippen molar-refractivity contribution in [1.82, 2.24) is 4.90 Å². The van der Waals surface area contributed by atoms with E-state index in [-0.39, 0.29) is 12.5 Å². The van der Waals surface area contributed by atoms with E-state index in [2.05, 4.69) is 31.2 Å². The van der Waals surface area contributed by atoms with Gasteiger partial charge in [0.1, 0.15) is 0 Å². The molecule has 1 aromatic rings. The fourth-order valence-corrected chi connectivity index (χ4v) is 3.34. The molecule has 0 unspecified atom stereocenters. The zero-order valence-corrected chi connectivity index (χ0v) is 13.6. The lowest BCUT2D eigenvalue weighted by atomic mass is 9.91. The molecule has 0 aromatic heterocycles. The quantitative estimate of drug-likeness (QED) is 0.802. The molecule has 0 spiro atoms. The Morgan fingerprint density at radius 3 is 2.62 bits per heavy atom. The lowest BCUT2D eigenvalue weighted by molar-refractivity contribution is -0.132. The number of rotatable bonds is 8. The first kappa shape index (κ1) is 16.4. The van der Waals surface area contributed by atoms with Gasteiger partial charge in [0, 0.05) is 24.9 Å². The average molecular weight is 307 g/mol. The Kier molecular flexibility index (Phi) is 6.58. The zero-order chi connectivity index (χ0) is 15.1. The van der Waals surface area contributed by atoms with Crippen molar-refractivity contribution in [3.05, 3.63) is 35.4 Å². The van der Waals surface area contributed by atoms with Crippen LogP contribution >= 0.6 is 11.8 Å². The lowest BCUT2D eigenvalue weighted by Gasteiger charge is -2.37. The van der Waals surface area contributed by atoms with Gasteiger partial charge in [0.2, 0.25) is 5.91 Å². The topological polar surface area (TPSA) is 40.5 Å². The minimum Gasteiger partial charge on any atom is -0.396 e. The number of hydrogen-bond donors (Lipinski definition) is 1. The van der Waals surface area contributed by atoms with Crippen molar-refractivity contribution in [3.8, 4) is 0 Å². The molecule has 1 saturated carbocycles. The summed E-state index contributed by atoms with van der Waals surface area (Å²) < 4.78 is 0. The van der Waals surface area contributed by atoms with E-state index in [0.717, 1.165) is 18.6 Å². The van der Waals surface area contributed by atoms with E-state index in [1.165, 1.54) is 17.5 Å². The number of thioether (sulfide) groups is 1. The molecule has 1 fully saturated rings. The molecule has 3 nitrogen and oxygen atoms in total. The van der Waals surface area contributed by atoms with E-state index in [1.807, 2.05) is 4.90 Å². The Bertz CT molecular complexity index is 443. The molecule has 1 aromatic carbocycles. The summed E-state index contributed by atoms with van der Waals surface area (Å²) in [5.41, 5.74) is 2.53. The third-order valence-corrected chi connectivity index (χ3v) is 5.00. The van der Waals surface area contributed by atoms with Crippen LogP contribution in [0.4, 0.5) is 0 Å². The Morgan fingerprint density at radius 1 is 1.33 bits per heavy atom. The molecule has 1 aliphatic rings. The van der Waals surface area contributed by atoms with E-state index < -0.39 is 0 Å². The molecule has 1 N–H and O–H groups in total. The molecule has 1 amide bonds. The van der Waals surface area contributed by atoms with Crippen LogP contribution in [0.15, 0.2) is 24.3 Å². The van der Waals surface area contributed by atoms with Gasteiger partial charge in [0.15, 0.2) is 0 Å². The van der Waals surface area contributed by atoms with E-state index in [9.17, 15) is 4.79 Å². The van der Waals surface area contributed by atoms with Crippen molar-refractivity contribution in [2.75, 3.05) is 18.9 Å². The van der Waals surface area contributed by atoms with Gasteiger partial charge in [-0.15, -0.1) is 11.8 Å². The van der Waals surface area contributed by atoms with Gasteiger partial charge < -0.3 is 10.0 Å². The number of aryl methyl sites for hydroxylation is 1. The number of carbonyl (C=O) groups excluding carboxylic acids is 1. The maximum atomic E-state index is 12.4. The minimum absolute atomic E-state index is 0.160. The van der Waals surface area contributed by atoms with Crippen molar-refractivity contribution in [3.63, 3.8) is 0 Å². The molecule has 0 atom stereocenters. The molecule has 21 heavy (non-hydrogen) atoms. The highest BCUT2D eigenvalue weighted by molar-refractivity contribution is 7.99. The Hall–Kier alpha value is -1.00. The molecule has 0 bridgehead atoms. The highest BCUT2D eigenvalue weighted by Gasteiger charge is 2.27. The summed E-state index contributed by atoms with van der Waals surface area (Å²) in [5, 5.41) is 8.97. The molecule has 0 heterocycles. The first-order valence-corrected chi connectivity index (χ1v) is 8.90. The van der Waals surface area contributed by atoms with Gasteiger partial charge in [-0.25, -0.2) is 0 Å². The standard InChI is InChI=1S/C17H25NO2S/c1-14-6-8-15(9-7-14)12-21-13-17(20)18(10-3-11-19)16-4-2-5-16/h6-9,16,19H,2-5,10-13H2,1H3. The second-order valence-electron chi connectivity index (χ2n) is 5.73. The number of carbonyl (C=O) groups is 1. The van der Waals surface area contributed by atoms with Crippen LogP contribution in [0.5, 0.6) is 0 Å². The molecule has 0 aliphatic heterocycles. The molecule has 1 aliphatic carbocycles. The minimum atomic E-state index is 0.160. The van der Waals surface area contributed by atoms with Crippen molar-refractivity contribution < 1.29 is 9.90 Å². The summed E-state index contributed by atoms with van der Waals surface area (Å²) in [6.45, 7) is 2.94. The van der Waals surface area contributed by atoms with Crippen molar-refractivity contribution in [2.24, 2.45) is 0 Å². The molecule has 0 radical (unpaired) electrons. The van der Waals surface area contributed by atoms with Gasteiger partial charge in [-0.3, -0.25) is 4.79 Å². The fourth-order valence-electron chi connectivity index (χ4n) is 2.47. The summed E-state index contributed by atoms with van der Waals surface area (Å²) in [6.07, 6.45) is 4.16. The SMILES string of the molecule is Cc1ccc(CSCC(=O)N(CCCO)C2CCC2)cc1. The molecular formula is C17H25NO2S. The summed E-state index contributed by atoms with van der Waals surface area (Å²) in [4.78, 5) is 14.3. The van der Waals surface area contributed by atoms with Gasteiger partial charge >= 0.3 is 0 Å². The van der Waals surface area contributed by atoms with Crippen LogP contribution in [0.1, 0.15) is 36.8 Å². The second-order valence-corrected chi connectivity index (χ2v) is 6.71. The third-order valence-electron chi connectivity index (χ3n) is 4.01. The number of hydrogen-bond acceptors (Lipinski definition) is 3. The molecule has 4 heteroatoms. The number of aliphatic hydroxyl groups excluding tert-OH is 1. The average Bonchev–Trinajstić information content (AvgIpc) is 2.43. The Labute approximate surface area is 131 Å². The third kappa shape index (κ3) is 5.04. The smallest absolute Gasteiger partial charge is 0.232 e. The predicted molar refractivity (Wildman–Crippen MR) is 88.4 cm³/mol. The fraction of sp³-hybridized carbons (Fsp3) is 0.588. The lowest BCUT2D eigenvalue weighted by Crippen LogP contribution is -2.45. The summed E-state index contributed by atoms with van der Waals surface area (Å²) in [6, 6.07) is 8.90. The number of benzene rings is 1. The molecule has 2 rings (SSSR count). The van der Waals surface area contributed by atoms with Crippen molar-refractivity contribution in [1.29, 1.82) is 0 Å². The second kappa shape index (κ2) is 8.44. The van der Waals surface area contributed by atoms with Crippen molar-refractivity contribution >= 4 is 17.7 Å². The largest absolute Gasteiger partial charge is 0.396 e. The Balaban J connectivity index is 1.77. The Morgan fingerprint density at radius 2 is 2.05 bits per heavy atom. The van der Waals surface area contributed by atoms with Gasteiger partial charge in [0.25, 0.3) is 0 Å². The molecular weight excluding hydrogens is 282 g/mol. The number of amides is 1. The van der Waals surface area contributed by atoms with Crippen LogP contribution in [0.3, 0.4) is 0 Å². The van der Waals surface area contributed by atoms with Crippen LogP contribution in [0, 0.1) is 6.92 Å². The van der Waals surface area contributed by atoms with Gasteiger partial charge in [0.05, 0.1) is 5.75 Å². The van der Waals surface area contributed by atoms with Gasteiger partial charge in [-0.1, -0.05) is 29.8 Å². The van der Waals surface area contributed by atoms with E-state index in [0.29, 0.717) is 24.8 Å². The maximum absolute atomic E-state index is 12.4. The van der Waals surface area contributed by atoms with Crippen molar-refractivity contribution in [2.45, 2.75) is 44.4 Å². The molecule has 116 valence electrons. The highest BCUT2D eigenvalue weighted by atomic mass is 32.2. The van der Waals surface area contributed by atoms with Gasteiger partial charge in [-0.05, 0) is 38.2 Å².